The third-order valence-electron chi connectivity index (χ3n) is 4.79. The van der Waals surface area contributed by atoms with Gasteiger partial charge in [0.25, 0.3) is 11.8 Å². The quantitative estimate of drug-likeness (QED) is 0.375. The van der Waals surface area contributed by atoms with E-state index in [1.54, 1.807) is 12.1 Å². The maximum absolute atomic E-state index is 13.3. The zero-order valence-corrected chi connectivity index (χ0v) is 19.7. The molecule has 1 aliphatic heterocycles. The maximum Gasteiger partial charge on any atom is 0.283 e. The number of carbonyl (C=O) groups is 2. The van der Waals surface area contributed by atoms with E-state index >= 15 is 0 Å². The van der Waals surface area contributed by atoms with Crippen LogP contribution in [0, 0.1) is 0 Å². The van der Waals surface area contributed by atoms with Gasteiger partial charge in [-0.25, -0.2) is 4.90 Å². The summed E-state index contributed by atoms with van der Waals surface area (Å²) in [7, 11) is 0. The fraction of sp³-hybridized carbons (Fsp3) is 0.0833. The molecule has 1 N–H and O–H groups in total. The number of rotatable bonds is 6. The van der Waals surface area contributed by atoms with Gasteiger partial charge >= 0.3 is 0 Å². The normalized spacial score (nSPS) is 13.8. The van der Waals surface area contributed by atoms with Crippen molar-refractivity contribution in [1.82, 2.24) is 0 Å². The standard InChI is InChI=1S/C24H18BrClN2O2S/c1-2-15-3-11-19(12-4-15)28-23(29)21(27-18-9-5-16(25)6-10-18)22(24(28)30)31-20-13-7-17(26)8-14-20/h3-14,27H,2H2,1H3. The Hall–Kier alpha value is -2.54. The van der Waals surface area contributed by atoms with Crippen LogP contribution in [0.4, 0.5) is 11.4 Å². The van der Waals surface area contributed by atoms with E-state index in [0.29, 0.717) is 15.6 Å². The van der Waals surface area contributed by atoms with Crippen molar-refractivity contribution in [3.05, 3.63) is 98.5 Å². The first-order valence-corrected chi connectivity index (χ1v) is 11.6. The highest BCUT2D eigenvalue weighted by Crippen LogP contribution is 2.38. The monoisotopic (exact) mass is 512 g/mol. The van der Waals surface area contributed by atoms with E-state index in [2.05, 4.69) is 28.2 Å². The fourth-order valence-corrected chi connectivity index (χ4v) is 4.45. The summed E-state index contributed by atoms with van der Waals surface area (Å²) in [6.07, 6.45) is 0.883. The number of hydrogen-bond donors (Lipinski definition) is 1. The first-order chi connectivity index (χ1) is 15.0. The van der Waals surface area contributed by atoms with Crippen molar-refractivity contribution in [2.45, 2.75) is 18.2 Å². The van der Waals surface area contributed by atoms with Crippen LogP contribution >= 0.6 is 39.3 Å². The van der Waals surface area contributed by atoms with Gasteiger partial charge in [0.2, 0.25) is 0 Å². The minimum Gasteiger partial charge on any atom is -0.350 e. The second-order valence-corrected chi connectivity index (χ2v) is 9.29. The zero-order valence-electron chi connectivity index (χ0n) is 16.6. The number of nitrogens with one attached hydrogen (secondary N) is 1. The smallest absolute Gasteiger partial charge is 0.283 e. The van der Waals surface area contributed by atoms with Crippen LogP contribution < -0.4 is 10.2 Å². The molecule has 0 atom stereocenters. The lowest BCUT2D eigenvalue weighted by molar-refractivity contribution is -0.120. The van der Waals surface area contributed by atoms with E-state index in [-0.39, 0.29) is 17.5 Å². The number of aryl methyl sites for hydroxylation is 1. The number of amides is 2. The minimum atomic E-state index is -0.381. The van der Waals surface area contributed by atoms with Crippen molar-refractivity contribution in [1.29, 1.82) is 0 Å². The fourth-order valence-electron chi connectivity index (χ4n) is 3.13. The van der Waals surface area contributed by atoms with Crippen LogP contribution in [0.5, 0.6) is 0 Å². The van der Waals surface area contributed by atoms with Gasteiger partial charge in [0.1, 0.15) is 10.6 Å². The van der Waals surface area contributed by atoms with Crippen molar-refractivity contribution in [2.24, 2.45) is 0 Å². The highest BCUT2D eigenvalue weighted by molar-refractivity contribution is 9.10. The molecule has 4 nitrogen and oxygen atoms in total. The predicted molar refractivity (Wildman–Crippen MR) is 130 cm³/mol. The molecule has 156 valence electrons. The molecule has 0 unspecified atom stereocenters. The van der Waals surface area contributed by atoms with Crippen molar-refractivity contribution in [3.63, 3.8) is 0 Å². The van der Waals surface area contributed by atoms with Gasteiger partial charge in [0, 0.05) is 20.1 Å². The lowest BCUT2D eigenvalue weighted by Gasteiger charge is -2.15. The molecule has 0 bridgehead atoms. The van der Waals surface area contributed by atoms with Crippen LogP contribution in [0.2, 0.25) is 5.02 Å². The minimum absolute atomic E-state index is 0.256. The van der Waals surface area contributed by atoms with E-state index in [1.165, 1.54) is 16.7 Å². The van der Waals surface area contributed by atoms with Gasteiger partial charge in [-0.3, -0.25) is 9.59 Å². The predicted octanol–water partition coefficient (Wildman–Crippen LogP) is 6.65. The van der Waals surface area contributed by atoms with Gasteiger partial charge in [-0.1, -0.05) is 58.3 Å². The summed E-state index contributed by atoms with van der Waals surface area (Å²) in [5.41, 5.74) is 2.66. The lowest BCUT2D eigenvalue weighted by atomic mass is 10.1. The third kappa shape index (κ3) is 4.71. The summed E-state index contributed by atoms with van der Waals surface area (Å²) in [6.45, 7) is 2.06. The van der Waals surface area contributed by atoms with Crippen LogP contribution in [-0.4, -0.2) is 11.8 Å². The van der Waals surface area contributed by atoms with E-state index < -0.39 is 0 Å². The lowest BCUT2D eigenvalue weighted by Crippen LogP contribution is -2.32. The Kier molecular flexibility index (Phi) is 6.51. The van der Waals surface area contributed by atoms with Crippen molar-refractivity contribution >= 4 is 62.5 Å². The molecule has 0 aromatic heterocycles. The summed E-state index contributed by atoms with van der Waals surface area (Å²) < 4.78 is 0.925. The summed E-state index contributed by atoms with van der Waals surface area (Å²) in [6, 6.07) is 22.1. The largest absolute Gasteiger partial charge is 0.350 e. The van der Waals surface area contributed by atoms with Gasteiger partial charge in [0.15, 0.2) is 0 Å². The molecule has 0 fully saturated rings. The average Bonchev–Trinajstić information content (AvgIpc) is 3.01. The van der Waals surface area contributed by atoms with Gasteiger partial charge in [0.05, 0.1) is 5.69 Å². The second kappa shape index (κ2) is 9.30. The molecular formula is C24H18BrClN2O2S. The third-order valence-corrected chi connectivity index (χ3v) is 6.66. The van der Waals surface area contributed by atoms with Crippen molar-refractivity contribution in [2.75, 3.05) is 10.2 Å². The molecule has 0 saturated heterocycles. The number of hydrogen-bond acceptors (Lipinski definition) is 4. The van der Waals surface area contributed by atoms with Gasteiger partial charge in [-0.2, -0.15) is 0 Å². The first kappa shape index (κ1) is 21.7. The van der Waals surface area contributed by atoms with E-state index in [9.17, 15) is 9.59 Å². The molecule has 7 heteroatoms. The zero-order chi connectivity index (χ0) is 22.0. The number of carbonyl (C=O) groups excluding carboxylic acids is 2. The molecule has 3 aromatic carbocycles. The topological polar surface area (TPSA) is 49.4 Å². The summed E-state index contributed by atoms with van der Waals surface area (Å²) in [4.78, 5) is 29.1. The van der Waals surface area contributed by atoms with E-state index in [1.807, 2.05) is 60.7 Å². The summed E-state index contributed by atoms with van der Waals surface area (Å²) >= 11 is 10.6. The van der Waals surface area contributed by atoms with Gasteiger partial charge < -0.3 is 5.32 Å². The maximum atomic E-state index is 13.3. The molecule has 0 aliphatic carbocycles. The molecular weight excluding hydrogens is 496 g/mol. The molecule has 1 heterocycles. The number of benzene rings is 3. The second-order valence-electron chi connectivity index (χ2n) is 6.86. The molecule has 0 spiro atoms. The van der Waals surface area contributed by atoms with Crippen molar-refractivity contribution < 1.29 is 9.59 Å². The van der Waals surface area contributed by atoms with Crippen LogP contribution in [0.25, 0.3) is 0 Å². The van der Waals surface area contributed by atoms with E-state index in [4.69, 9.17) is 11.6 Å². The molecule has 3 aromatic rings. The molecule has 0 radical (unpaired) electrons. The molecule has 4 rings (SSSR count). The Morgan fingerprint density at radius 2 is 1.55 bits per heavy atom. The number of thioether (sulfide) groups is 1. The Morgan fingerprint density at radius 1 is 0.903 bits per heavy atom. The number of nitrogens with zero attached hydrogens (tertiary/aromatic N) is 1. The molecule has 1 aliphatic rings. The Bertz CT molecular complexity index is 1090. The van der Waals surface area contributed by atoms with Crippen molar-refractivity contribution in [3.8, 4) is 0 Å². The highest BCUT2D eigenvalue weighted by atomic mass is 79.9. The Morgan fingerprint density at radius 3 is 2.16 bits per heavy atom. The Labute approximate surface area is 198 Å². The van der Waals surface area contributed by atoms with Gasteiger partial charge in [-0.05, 0) is 72.6 Å². The van der Waals surface area contributed by atoms with Gasteiger partial charge in [-0.15, -0.1) is 0 Å². The highest BCUT2D eigenvalue weighted by Gasteiger charge is 2.40. The first-order valence-electron chi connectivity index (χ1n) is 9.64. The van der Waals surface area contributed by atoms with Crippen LogP contribution in [0.15, 0.2) is 92.8 Å². The molecule has 31 heavy (non-hydrogen) atoms. The average molecular weight is 514 g/mol. The number of imide groups is 1. The number of anilines is 2. The summed E-state index contributed by atoms with van der Waals surface area (Å²) in [5.74, 6) is -0.734. The Balaban J connectivity index is 1.71. The molecule has 2 amide bonds. The SMILES string of the molecule is CCc1ccc(N2C(=O)C(Nc3ccc(Br)cc3)=C(Sc3ccc(Cl)cc3)C2=O)cc1. The van der Waals surface area contributed by atoms with Crippen LogP contribution in [0.3, 0.4) is 0 Å². The van der Waals surface area contributed by atoms with Crippen LogP contribution in [0.1, 0.15) is 12.5 Å². The van der Waals surface area contributed by atoms with E-state index in [0.717, 1.165) is 27.0 Å². The summed E-state index contributed by atoms with van der Waals surface area (Å²) in [5, 5.41) is 3.76. The molecule has 0 saturated carbocycles. The number of halogens is 2. The van der Waals surface area contributed by atoms with Crippen LogP contribution in [-0.2, 0) is 16.0 Å².